The molecule has 0 radical (unpaired) electrons. The van der Waals surface area contributed by atoms with Gasteiger partial charge in [-0.3, -0.25) is 14.4 Å². The normalized spacial score (nSPS) is 18.8. The minimum Gasteiger partial charge on any atom is -0.348 e. The Morgan fingerprint density at radius 1 is 1.15 bits per heavy atom. The lowest BCUT2D eigenvalue weighted by Gasteiger charge is -2.24. The molecule has 1 saturated heterocycles. The summed E-state index contributed by atoms with van der Waals surface area (Å²) in [6.45, 7) is 3.90. The summed E-state index contributed by atoms with van der Waals surface area (Å²) >= 11 is 0. The molecule has 3 rings (SSSR count). The second-order valence-electron chi connectivity index (χ2n) is 7.00. The van der Waals surface area contributed by atoms with E-state index >= 15 is 0 Å². The highest BCUT2D eigenvalue weighted by Gasteiger charge is 2.28. The van der Waals surface area contributed by atoms with E-state index in [4.69, 9.17) is 0 Å². The van der Waals surface area contributed by atoms with Crippen LogP contribution in [0.25, 0.3) is 0 Å². The van der Waals surface area contributed by atoms with Crippen molar-refractivity contribution in [2.75, 3.05) is 24.1 Å². The Labute approximate surface area is 160 Å². The summed E-state index contributed by atoms with van der Waals surface area (Å²) < 4.78 is 25.1. The molecule has 1 aliphatic heterocycles. The maximum Gasteiger partial charge on any atom is 0.251 e. The van der Waals surface area contributed by atoms with Gasteiger partial charge in [0.25, 0.3) is 5.91 Å². The Balaban J connectivity index is 1.60. The number of anilines is 1. The molecule has 0 spiro atoms. The van der Waals surface area contributed by atoms with Crippen LogP contribution in [0.1, 0.15) is 35.3 Å². The van der Waals surface area contributed by atoms with Gasteiger partial charge >= 0.3 is 0 Å². The van der Waals surface area contributed by atoms with Crippen LogP contribution in [-0.4, -0.2) is 44.6 Å². The molecule has 144 valence electrons. The lowest BCUT2D eigenvalue weighted by atomic mass is 10.1. The van der Waals surface area contributed by atoms with Crippen molar-refractivity contribution in [3.8, 4) is 0 Å². The number of amides is 1. The predicted octanol–water partition coefficient (Wildman–Crippen LogP) is 2.62. The monoisotopic (exact) mass is 387 g/mol. The van der Waals surface area contributed by atoms with E-state index in [1.165, 1.54) is 5.56 Å². The molecule has 1 aliphatic rings. The Bertz CT molecular complexity index is 900. The Morgan fingerprint density at radius 2 is 1.89 bits per heavy atom. The smallest absolute Gasteiger partial charge is 0.251 e. The Kier molecular flexibility index (Phi) is 5.82. The van der Waals surface area contributed by atoms with Gasteiger partial charge in [-0.15, -0.1) is 0 Å². The number of hydrogen-bond acceptors (Lipinski definition) is 4. The van der Waals surface area contributed by atoms with E-state index < -0.39 is 10.0 Å². The van der Waals surface area contributed by atoms with Crippen molar-refractivity contribution in [3.05, 3.63) is 65.7 Å². The van der Waals surface area contributed by atoms with Crippen molar-refractivity contribution >= 4 is 21.6 Å². The molecule has 0 aliphatic carbocycles. The molecule has 1 heterocycles. The molecule has 2 unspecified atom stereocenters. The second-order valence-corrected chi connectivity index (χ2v) is 8.74. The molecule has 7 heteroatoms. The quantitative estimate of drug-likeness (QED) is 0.799. The summed E-state index contributed by atoms with van der Waals surface area (Å²) in [6.07, 6.45) is 1.98. The molecule has 2 aromatic rings. The fourth-order valence-electron chi connectivity index (χ4n) is 3.41. The van der Waals surface area contributed by atoms with E-state index in [2.05, 4.69) is 34.0 Å². The van der Waals surface area contributed by atoms with E-state index in [1.807, 2.05) is 18.2 Å². The van der Waals surface area contributed by atoms with Gasteiger partial charge in [0.1, 0.15) is 0 Å². The molecule has 6 nitrogen and oxygen atoms in total. The molecule has 2 N–H and O–H groups in total. The first kappa shape index (κ1) is 19.4. The van der Waals surface area contributed by atoms with E-state index in [1.54, 1.807) is 24.3 Å². The van der Waals surface area contributed by atoms with E-state index in [0.717, 1.165) is 25.8 Å². The first-order chi connectivity index (χ1) is 12.8. The standard InChI is InChI=1S/C20H25N3O3S/c1-15(16-7-4-3-5-8-16)23-12-11-19(14-23)21-20(24)17-9-6-10-18(13-17)22-27(2,25)26/h3-10,13,15,19,22H,11-12,14H2,1-2H3,(H,21,24). The zero-order chi connectivity index (χ0) is 19.4. The maximum atomic E-state index is 12.6. The van der Waals surface area contributed by atoms with Crippen LogP contribution in [-0.2, 0) is 10.0 Å². The first-order valence-corrected chi connectivity index (χ1v) is 10.9. The Morgan fingerprint density at radius 3 is 2.59 bits per heavy atom. The van der Waals surface area contributed by atoms with Gasteiger partial charge in [0.05, 0.1) is 6.26 Å². The van der Waals surface area contributed by atoms with Crippen LogP contribution in [0.15, 0.2) is 54.6 Å². The molecule has 1 amide bonds. The average molecular weight is 388 g/mol. The molecule has 0 aromatic heterocycles. The van der Waals surface area contributed by atoms with Gasteiger partial charge in [-0.25, -0.2) is 8.42 Å². The number of nitrogens with one attached hydrogen (secondary N) is 2. The van der Waals surface area contributed by atoms with Crippen LogP contribution < -0.4 is 10.0 Å². The van der Waals surface area contributed by atoms with Gasteiger partial charge in [0, 0.05) is 36.4 Å². The maximum absolute atomic E-state index is 12.6. The van der Waals surface area contributed by atoms with Gasteiger partial charge in [-0.1, -0.05) is 36.4 Å². The fraction of sp³-hybridized carbons (Fsp3) is 0.350. The van der Waals surface area contributed by atoms with Gasteiger partial charge in [0.2, 0.25) is 10.0 Å². The Hall–Kier alpha value is -2.38. The molecular formula is C20H25N3O3S. The van der Waals surface area contributed by atoms with Crippen LogP contribution in [0.4, 0.5) is 5.69 Å². The van der Waals surface area contributed by atoms with Crippen molar-refractivity contribution in [1.29, 1.82) is 0 Å². The molecule has 0 bridgehead atoms. The number of rotatable bonds is 6. The van der Waals surface area contributed by atoms with E-state index in [-0.39, 0.29) is 11.9 Å². The zero-order valence-electron chi connectivity index (χ0n) is 15.6. The van der Waals surface area contributed by atoms with Gasteiger partial charge in [0.15, 0.2) is 0 Å². The summed E-state index contributed by atoms with van der Waals surface area (Å²) in [7, 11) is -3.37. The van der Waals surface area contributed by atoms with Crippen LogP contribution in [0.2, 0.25) is 0 Å². The number of carbonyl (C=O) groups is 1. The summed E-state index contributed by atoms with van der Waals surface area (Å²) in [4.78, 5) is 14.9. The summed E-state index contributed by atoms with van der Waals surface area (Å²) in [5.74, 6) is -0.189. The van der Waals surface area contributed by atoms with E-state index in [9.17, 15) is 13.2 Å². The van der Waals surface area contributed by atoms with Crippen molar-refractivity contribution in [2.24, 2.45) is 0 Å². The third-order valence-electron chi connectivity index (χ3n) is 4.81. The minimum atomic E-state index is -3.37. The highest BCUT2D eigenvalue weighted by Crippen LogP contribution is 2.24. The summed E-state index contributed by atoms with van der Waals surface area (Å²) in [6, 6.07) is 17.2. The highest BCUT2D eigenvalue weighted by molar-refractivity contribution is 7.92. The molecule has 0 saturated carbocycles. The predicted molar refractivity (Wildman–Crippen MR) is 107 cm³/mol. The molecule has 2 aromatic carbocycles. The first-order valence-electron chi connectivity index (χ1n) is 8.99. The number of carbonyl (C=O) groups excluding carboxylic acids is 1. The van der Waals surface area contributed by atoms with Gasteiger partial charge in [-0.2, -0.15) is 0 Å². The van der Waals surface area contributed by atoms with E-state index in [0.29, 0.717) is 17.3 Å². The second kappa shape index (κ2) is 8.10. The van der Waals surface area contributed by atoms with Crippen molar-refractivity contribution in [3.63, 3.8) is 0 Å². The number of sulfonamides is 1. The van der Waals surface area contributed by atoms with Crippen LogP contribution in [0.5, 0.6) is 0 Å². The number of hydrogen-bond donors (Lipinski definition) is 2. The minimum absolute atomic E-state index is 0.0789. The molecule has 27 heavy (non-hydrogen) atoms. The molecular weight excluding hydrogens is 362 g/mol. The third-order valence-corrected chi connectivity index (χ3v) is 5.42. The van der Waals surface area contributed by atoms with Crippen LogP contribution in [0, 0.1) is 0 Å². The van der Waals surface area contributed by atoms with Gasteiger partial charge < -0.3 is 5.32 Å². The largest absolute Gasteiger partial charge is 0.348 e. The average Bonchev–Trinajstić information content (AvgIpc) is 3.09. The van der Waals surface area contributed by atoms with Crippen molar-refractivity contribution in [1.82, 2.24) is 10.2 Å². The number of benzene rings is 2. The lowest BCUT2D eigenvalue weighted by Crippen LogP contribution is -2.37. The lowest BCUT2D eigenvalue weighted by molar-refractivity contribution is 0.0936. The summed E-state index contributed by atoms with van der Waals surface area (Å²) in [5, 5.41) is 3.06. The highest BCUT2D eigenvalue weighted by atomic mass is 32.2. The van der Waals surface area contributed by atoms with Crippen molar-refractivity contribution in [2.45, 2.75) is 25.4 Å². The topological polar surface area (TPSA) is 78.5 Å². The molecule has 1 fully saturated rings. The number of nitrogens with zero attached hydrogens (tertiary/aromatic N) is 1. The zero-order valence-corrected chi connectivity index (χ0v) is 16.4. The third kappa shape index (κ3) is 5.30. The molecule has 2 atom stereocenters. The van der Waals surface area contributed by atoms with Crippen LogP contribution >= 0.6 is 0 Å². The SMILES string of the molecule is CC(c1ccccc1)N1CCC(NC(=O)c2cccc(NS(C)(=O)=O)c2)C1. The summed E-state index contributed by atoms with van der Waals surface area (Å²) in [5.41, 5.74) is 2.10. The van der Waals surface area contributed by atoms with Gasteiger partial charge in [-0.05, 0) is 37.1 Å². The number of likely N-dealkylation sites (tertiary alicyclic amines) is 1. The van der Waals surface area contributed by atoms with Crippen molar-refractivity contribution < 1.29 is 13.2 Å². The van der Waals surface area contributed by atoms with Crippen LogP contribution in [0.3, 0.4) is 0 Å². The fourth-order valence-corrected chi connectivity index (χ4v) is 3.96.